The smallest absolute Gasteiger partial charge is 0.254 e. The minimum absolute atomic E-state index is 0.00746. The lowest BCUT2D eigenvalue weighted by Gasteiger charge is -2.38. The van der Waals surface area contributed by atoms with Gasteiger partial charge in [0.05, 0.1) is 17.7 Å². The first kappa shape index (κ1) is 14.5. The molecule has 1 aromatic carbocycles. The van der Waals surface area contributed by atoms with Crippen molar-refractivity contribution in [2.75, 3.05) is 20.2 Å². The van der Waals surface area contributed by atoms with E-state index in [4.69, 9.17) is 15.7 Å². The molecular weight excluding hydrogens is 254 g/mol. The molecule has 1 aliphatic heterocycles. The van der Waals surface area contributed by atoms with Gasteiger partial charge in [0, 0.05) is 31.8 Å². The molecule has 0 bridgehead atoms. The quantitative estimate of drug-likeness (QED) is 0.895. The number of hydrogen-bond acceptors (Lipinski definition) is 4. The first-order valence-electron chi connectivity index (χ1n) is 6.73. The van der Waals surface area contributed by atoms with Crippen molar-refractivity contribution in [1.82, 2.24) is 4.90 Å². The Morgan fingerprint density at radius 3 is 3.05 bits per heavy atom. The summed E-state index contributed by atoms with van der Waals surface area (Å²) in [5.41, 5.74) is 6.81. The zero-order valence-corrected chi connectivity index (χ0v) is 11.6. The van der Waals surface area contributed by atoms with Crippen LogP contribution in [0, 0.1) is 11.3 Å². The number of methoxy groups -OCH3 is 1. The van der Waals surface area contributed by atoms with Crippen LogP contribution in [-0.2, 0) is 4.74 Å². The number of carbonyl (C=O) groups excluding carboxylic acids is 1. The minimum atomic E-state index is -0.0629. The lowest BCUT2D eigenvalue weighted by atomic mass is 9.98. The van der Waals surface area contributed by atoms with Gasteiger partial charge in [-0.25, -0.2) is 0 Å². The maximum atomic E-state index is 12.6. The summed E-state index contributed by atoms with van der Waals surface area (Å²) in [6, 6.07) is 8.82. The molecule has 1 saturated heterocycles. The normalized spacial score (nSPS) is 22.4. The van der Waals surface area contributed by atoms with E-state index in [9.17, 15) is 4.79 Å². The fourth-order valence-corrected chi connectivity index (χ4v) is 2.61. The summed E-state index contributed by atoms with van der Waals surface area (Å²) in [5, 5.41) is 8.91. The van der Waals surface area contributed by atoms with Gasteiger partial charge in [-0.2, -0.15) is 5.26 Å². The van der Waals surface area contributed by atoms with Crippen molar-refractivity contribution in [3.8, 4) is 6.07 Å². The zero-order chi connectivity index (χ0) is 14.5. The van der Waals surface area contributed by atoms with Crippen LogP contribution >= 0.6 is 0 Å². The van der Waals surface area contributed by atoms with E-state index in [-0.39, 0.29) is 18.1 Å². The van der Waals surface area contributed by atoms with Gasteiger partial charge in [-0.3, -0.25) is 4.79 Å². The van der Waals surface area contributed by atoms with Gasteiger partial charge >= 0.3 is 0 Å². The number of hydrogen-bond donors (Lipinski definition) is 1. The van der Waals surface area contributed by atoms with Crippen molar-refractivity contribution in [2.45, 2.75) is 25.0 Å². The number of ether oxygens (including phenoxy) is 1. The Balaban J connectivity index is 2.17. The molecule has 1 aliphatic rings. The number of nitrogens with two attached hydrogens (primary N) is 1. The zero-order valence-electron chi connectivity index (χ0n) is 11.6. The predicted octanol–water partition coefficient (Wildman–Crippen LogP) is 1.14. The number of nitrogens with zero attached hydrogens (tertiary/aromatic N) is 2. The topological polar surface area (TPSA) is 79.3 Å². The second kappa shape index (κ2) is 6.51. The molecule has 1 heterocycles. The Bertz CT molecular complexity index is 524. The van der Waals surface area contributed by atoms with Crippen molar-refractivity contribution in [2.24, 2.45) is 5.73 Å². The molecule has 5 heteroatoms. The van der Waals surface area contributed by atoms with Gasteiger partial charge < -0.3 is 15.4 Å². The molecule has 20 heavy (non-hydrogen) atoms. The molecule has 0 saturated carbocycles. The van der Waals surface area contributed by atoms with Gasteiger partial charge in [0.15, 0.2) is 0 Å². The molecule has 2 unspecified atom stereocenters. The van der Waals surface area contributed by atoms with Gasteiger partial charge in [-0.1, -0.05) is 6.07 Å². The van der Waals surface area contributed by atoms with Crippen molar-refractivity contribution in [3.63, 3.8) is 0 Å². The Kier molecular flexibility index (Phi) is 4.72. The van der Waals surface area contributed by atoms with E-state index in [0.717, 1.165) is 12.8 Å². The summed E-state index contributed by atoms with van der Waals surface area (Å²) in [7, 11) is 1.69. The first-order valence-corrected chi connectivity index (χ1v) is 6.73. The Morgan fingerprint density at radius 2 is 2.40 bits per heavy atom. The predicted molar refractivity (Wildman–Crippen MR) is 75.1 cm³/mol. The molecule has 0 spiro atoms. The maximum absolute atomic E-state index is 12.6. The first-order chi connectivity index (χ1) is 9.69. The molecule has 0 radical (unpaired) electrons. The van der Waals surface area contributed by atoms with Crippen LogP contribution in [-0.4, -0.2) is 43.2 Å². The SMILES string of the molecule is COC1CCN(C(=O)c2cccc(C#N)c2)C(CN)C1. The monoisotopic (exact) mass is 273 g/mol. The molecule has 1 amide bonds. The molecule has 5 nitrogen and oxygen atoms in total. The summed E-state index contributed by atoms with van der Waals surface area (Å²) < 4.78 is 5.36. The van der Waals surface area contributed by atoms with Gasteiger partial charge in [0.1, 0.15) is 0 Å². The number of likely N-dealkylation sites (tertiary alicyclic amines) is 1. The van der Waals surface area contributed by atoms with Gasteiger partial charge in [0.2, 0.25) is 0 Å². The van der Waals surface area contributed by atoms with E-state index in [1.807, 2.05) is 0 Å². The van der Waals surface area contributed by atoms with Crippen molar-refractivity contribution in [1.29, 1.82) is 5.26 Å². The summed E-state index contributed by atoms with van der Waals surface area (Å²) >= 11 is 0. The number of carbonyl (C=O) groups is 1. The lowest BCUT2D eigenvalue weighted by Crippen LogP contribution is -2.51. The van der Waals surface area contributed by atoms with Crippen LogP contribution in [0.1, 0.15) is 28.8 Å². The number of amides is 1. The number of nitriles is 1. The molecule has 2 atom stereocenters. The molecule has 106 valence electrons. The fraction of sp³-hybridized carbons (Fsp3) is 0.467. The largest absolute Gasteiger partial charge is 0.381 e. The van der Waals surface area contributed by atoms with Crippen LogP contribution in [0.2, 0.25) is 0 Å². The van der Waals surface area contributed by atoms with Crippen molar-refractivity contribution >= 4 is 5.91 Å². The van der Waals surface area contributed by atoms with E-state index in [2.05, 4.69) is 6.07 Å². The van der Waals surface area contributed by atoms with E-state index in [1.54, 1.807) is 36.3 Å². The Hall–Kier alpha value is -1.90. The van der Waals surface area contributed by atoms with E-state index >= 15 is 0 Å². The van der Waals surface area contributed by atoms with Gasteiger partial charge in [0.25, 0.3) is 5.91 Å². The molecule has 1 aromatic rings. The van der Waals surface area contributed by atoms with E-state index < -0.39 is 0 Å². The third-order valence-electron chi connectivity index (χ3n) is 3.77. The number of benzene rings is 1. The van der Waals surface area contributed by atoms with E-state index in [0.29, 0.717) is 24.2 Å². The van der Waals surface area contributed by atoms with Crippen molar-refractivity contribution in [3.05, 3.63) is 35.4 Å². The van der Waals surface area contributed by atoms with Crippen LogP contribution in [0.5, 0.6) is 0 Å². The van der Waals surface area contributed by atoms with Crippen LogP contribution in [0.25, 0.3) is 0 Å². The van der Waals surface area contributed by atoms with Crippen LogP contribution < -0.4 is 5.73 Å². The second-order valence-corrected chi connectivity index (χ2v) is 4.96. The lowest BCUT2D eigenvalue weighted by molar-refractivity contribution is 0.0139. The molecule has 2 N–H and O–H groups in total. The highest BCUT2D eigenvalue weighted by atomic mass is 16.5. The van der Waals surface area contributed by atoms with Crippen LogP contribution in [0.3, 0.4) is 0 Å². The number of rotatable bonds is 3. The van der Waals surface area contributed by atoms with E-state index in [1.165, 1.54) is 0 Å². The summed E-state index contributed by atoms with van der Waals surface area (Å²) in [6.45, 7) is 1.06. The molecule has 1 fully saturated rings. The maximum Gasteiger partial charge on any atom is 0.254 e. The highest BCUT2D eigenvalue weighted by molar-refractivity contribution is 5.94. The minimum Gasteiger partial charge on any atom is -0.381 e. The third-order valence-corrected chi connectivity index (χ3v) is 3.77. The highest BCUT2D eigenvalue weighted by Crippen LogP contribution is 2.21. The highest BCUT2D eigenvalue weighted by Gasteiger charge is 2.31. The Labute approximate surface area is 118 Å². The standard InChI is InChI=1S/C15H19N3O2/c1-20-14-5-6-18(13(8-14)10-17)15(19)12-4-2-3-11(7-12)9-16/h2-4,7,13-14H,5-6,8,10,17H2,1H3. The fourth-order valence-electron chi connectivity index (χ4n) is 2.61. The van der Waals surface area contributed by atoms with Crippen molar-refractivity contribution < 1.29 is 9.53 Å². The molecule has 0 aromatic heterocycles. The summed E-state index contributed by atoms with van der Waals surface area (Å²) in [5.74, 6) is -0.0629. The summed E-state index contributed by atoms with van der Waals surface area (Å²) in [4.78, 5) is 14.3. The van der Waals surface area contributed by atoms with Crippen LogP contribution in [0.4, 0.5) is 0 Å². The van der Waals surface area contributed by atoms with Gasteiger partial charge in [-0.05, 0) is 31.0 Å². The average Bonchev–Trinajstić information content (AvgIpc) is 2.53. The Morgan fingerprint density at radius 1 is 1.60 bits per heavy atom. The number of piperidine rings is 1. The molecule has 0 aliphatic carbocycles. The third kappa shape index (κ3) is 2.98. The molecule has 2 rings (SSSR count). The van der Waals surface area contributed by atoms with Gasteiger partial charge in [-0.15, -0.1) is 0 Å². The second-order valence-electron chi connectivity index (χ2n) is 4.96. The average molecular weight is 273 g/mol. The van der Waals surface area contributed by atoms with Crippen LogP contribution in [0.15, 0.2) is 24.3 Å². The molecular formula is C15H19N3O2. The summed E-state index contributed by atoms with van der Waals surface area (Å²) in [6.07, 6.45) is 1.74.